The molecular formula is C23H26N4O6. The van der Waals surface area contributed by atoms with Crippen molar-refractivity contribution in [3.63, 3.8) is 0 Å². The van der Waals surface area contributed by atoms with Gasteiger partial charge in [0.2, 0.25) is 17.5 Å². The summed E-state index contributed by atoms with van der Waals surface area (Å²) in [6, 6.07) is 10.3. The Bertz CT molecular complexity index is 1140. The van der Waals surface area contributed by atoms with Crippen molar-refractivity contribution in [2.45, 2.75) is 25.3 Å². The van der Waals surface area contributed by atoms with Gasteiger partial charge in [-0.3, -0.25) is 14.4 Å². The number of amides is 2. The van der Waals surface area contributed by atoms with Crippen LogP contribution in [-0.4, -0.2) is 53.2 Å². The second kappa shape index (κ2) is 8.29. The van der Waals surface area contributed by atoms with Crippen molar-refractivity contribution in [3.8, 4) is 5.75 Å². The van der Waals surface area contributed by atoms with Crippen LogP contribution in [0.4, 0.5) is 11.4 Å². The van der Waals surface area contributed by atoms with Crippen LogP contribution in [0, 0.1) is 17.0 Å². The lowest BCUT2D eigenvalue weighted by Crippen LogP contribution is -3.00. The number of nitrogens with zero attached hydrogens (tertiary/aromatic N) is 3. The largest absolute Gasteiger partial charge is 0.595 e. The van der Waals surface area contributed by atoms with E-state index in [-0.39, 0.29) is 35.8 Å². The summed E-state index contributed by atoms with van der Waals surface area (Å²) in [6.45, 7) is 1.71. The molecule has 174 valence electrons. The third-order valence-corrected chi connectivity index (χ3v) is 7.00. The van der Waals surface area contributed by atoms with Crippen LogP contribution < -0.4 is 20.4 Å². The van der Waals surface area contributed by atoms with Crippen molar-refractivity contribution in [1.82, 2.24) is 9.47 Å². The molecule has 2 fully saturated rings. The van der Waals surface area contributed by atoms with Crippen molar-refractivity contribution in [2.75, 3.05) is 31.6 Å². The third-order valence-electron chi connectivity index (χ3n) is 7.00. The molecule has 33 heavy (non-hydrogen) atoms. The second-order valence-electron chi connectivity index (χ2n) is 9.04. The summed E-state index contributed by atoms with van der Waals surface area (Å²) in [7, 11) is 1.58. The Morgan fingerprint density at radius 2 is 1.85 bits per heavy atom. The first-order valence-electron chi connectivity index (χ1n) is 11.1. The van der Waals surface area contributed by atoms with Crippen LogP contribution in [0.5, 0.6) is 5.75 Å². The van der Waals surface area contributed by atoms with E-state index in [9.17, 15) is 24.8 Å². The molecule has 0 spiro atoms. The average Bonchev–Trinajstić information content (AvgIpc) is 3.20. The minimum atomic E-state index is -1.23. The molecule has 2 amide bonds. The van der Waals surface area contributed by atoms with E-state index in [0.29, 0.717) is 31.9 Å². The average molecular weight is 454 g/mol. The molecule has 2 N–H and O–H groups in total. The van der Waals surface area contributed by atoms with Gasteiger partial charge < -0.3 is 24.3 Å². The van der Waals surface area contributed by atoms with Gasteiger partial charge in [-0.2, -0.15) is 5.23 Å². The molecule has 3 aliphatic heterocycles. The number of carbonyl (C=O) groups excluding carboxylic acids is 2. The maximum Gasteiger partial charge on any atom is 0.315 e. The number of piperidine rings is 1. The number of ether oxygens (including phenoxy) is 1. The van der Waals surface area contributed by atoms with Gasteiger partial charge in [-0.05, 0) is 42.7 Å². The summed E-state index contributed by atoms with van der Waals surface area (Å²) in [5.74, 6) is 0.243. The molecule has 10 heteroatoms. The maximum atomic E-state index is 13.4. The normalized spacial score (nSPS) is 25.1. The Morgan fingerprint density at radius 1 is 1.09 bits per heavy atom. The molecule has 2 saturated heterocycles. The molecule has 2 bridgehead atoms. The van der Waals surface area contributed by atoms with Crippen LogP contribution in [0.25, 0.3) is 0 Å². The summed E-state index contributed by atoms with van der Waals surface area (Å²) in [6.07, 6.45) is 1.03. The number of likely N-dealkylation sites (tertiary alicyclic amines) is 1. The number of rotatable bonds is 4. The van der Waals surface area contributed by atoms with E-state index >= 15 is 0 Å². The van der Waals surface area contributed by atoms with Crippen molar-refractivity contribution in [1.29, 1.82) is 0 Å². The van der Waals surface area contributed by atoms with Gasteiger partial charge in [0.1, 0.15) is 5.75 Å². The highest BCUT2D eigenvalue weighted by atomic mass is 16.8. The molecule has 2 aromatic rings. The Morgan fingerprint density at radius 3 is 2.55 bits per heavy atom. The minimum Gasteiger partial charge on any atom is -0.595 e. The van der Waals surface area contributed by atoms with E-state index < -0.39 is 16.7 Å². The summed E-state index contributed by atoms with van der Waals surface area (Å²) >= 11 is 0. The summed E-state index contributed by atoms with van der Waals surface area (Å²) in [5.41, 5.74) is 0.816. The molecule has 4 atom stereocenters. The number of hydrogen-bond donors (Lipinski definition) is 2. The van der Waals surface area contributed by atoms with Crippen molar-refractivity contribution < 1.29 is 24.8 Å². The lowest BCUT2D eigenvalue weighted by Gasteiger charge is -2.43. The van der Waals surface area contributed by atoms with Gasteiger partial charge in [-0.1, -0.05) is 0 Å². The lowest BCUT2D eigenvalue weighted by molar-refractivity contribution is -0.992. The number of quaternary nitrogens is 1. The second-order valence-corrected chi connectivity index (χ2v) is 9.04. The van der Waals surface area contributed by atoms with Gasteiger partial charge in [0.25, 0.3) is 0 Å². The molecule has 2 unspecified atom stereocenters. The van der Waals surface area contributed by atoms with Gasteiger partial charge in [-0.25, -0.2) is 5.21 Å². The van der Waals surface area contributed by atoms with Crippen LogP contribution in [-0.2, 0) is 16.1 Å². The van der Waals surface area contributed by atoms with Crippen LogP contribution >= 0.6 is 0 Å². The highest BCUT2D eigenvalue weighted by Gasteiger charge is 2.42. The van der Waals surface area contributed by atoms with Crippen molar-refractivity contribution >= 4 is 23.2 Å². The number of nitrogens with one attached hydrogen (secondary N) is 1. The Labute approximate surface area is 190 Å². The van der Waals surface area contributed by atoms with Gasteiger partial charge in [0.15, 0.2) is 0 Å². The Balaban J connectivity index is 1.31. The quantitative estimate of drug-likeness (QED) is 0.640. The zero-order valence-corrected chi connectivity index (χ0v) is 18.3. The molecule has 0 saturated carbocycles. The fourth-order valence-corrected chi connectivity index (χ4v) is 5.43. The molecule has 4 heterocycles. The lowest BCUT2D eigenvalue weighted by atomic mass is 9.82. The summed E-state index contributed by atoms with van der Waals surface area (Å²) in [4.78, 5) is 42.1. The van der Waals surface area contributed by atoms with E-state index in [4.69, 9.17) is 4.74 Å². The van der Waals surface area contributed by atoms with E-state index in [0.717, 1.165) is 17.8 Å². The predicted octanol–water partition coefficient (Wildman–Crippen LogP) is 0.259. The number of carbonyl (C=O) groups is 2. The fourth-order valence-electron chi connectivity index (χ4n) is 5.43. The smallest absolute Gasteiger partial charge is 0.315 e. The van der Waals surface area contributed by atoms with Gasteiger partial charge >= 0.3 is 5.56 Å². The van der Waals surface area contributed by atoms with Gasteiger partial charge in [-0.15, -0.1) is 0 Å². The number of pyridine rings is 1. The van der Waals surface area contributed by atoms with Gasteiger partial charge in [0, 0.05) is 56.0 Å². The number of methoxy groups -OCH3 is 1. The van der Waals surface area contributed by atoms with E-state index in [1.807, 2.05) is 17.0 Å². The third kappa shape index (κ3) is 3.79. The fraction of sp³-hybridized carbons (Fsp3) is 0.435. The highest BCUT2D eigenvalue weighted by Crippen LogP contribution is 2.37. The first-order chi connectivity index (χ1) is 15.9. The molecular weight excluding hydrogens is 428 g/mol. The summed E-state index contributed by atoms with van der Waals surface area (Å²) < 4.78 is 6.73. The molecule has 0 aliphatic carbocycles. The first-order valence-corrected chi connectivity index (χ1v) is 11.1. The number of aromatic nitrogens is 1. The predicted molar refractivity (Wildman–Crippen MR) is 117 cm³/mol. The molecule has 0 radical (unpaired) electrons. The van der Waals surface area contributed by atoms with E-state index in [2.05, 4.69) is 0 Å². The van der Waals surface area contributed by atoms with Crippen LogP contribution in [0.15, 0.2) is 41.2 Å². The first kappa shape index (κ1) is 21.6. The topological polar surface area (TPSA) is 120 Å². The highest BCUT2D eigenvalue weighted by molar-refractivity contribution is 6.00. The zero-order chi connectivity index (χ0) is 23.3. The Kier molecular flexibility index (Phi) is 5.43. The van der Waals surface area contributed by atoms with E-state index in [1.54, 1.807) is 34.8 Å². The zero-order valence-electron chi connectivity index (χ0n) is 18.3. The van der Waals surface area contributed by atoms with E-state index in [1.165, 1.54) is 6.07 Å². The standard InChI is InChI=1S/C23H26N4O6/c1-33-18-4-2-17(3-5-18)25-13-16(9-21(25)28)22(29)24-10-14-8-15(12-24)19-6-7-20(27(31)32)23(30)26(19)11-14/h2-7,14-16,27,31H,8-13H2,1H3/t14-,15-,16?/m0/s1. The molecule has 5 rings (SSSR count). The number of fused-ring (bicyclic) bond motifs is 4. The molecule has 1 aromatic heterocycles. The van der Waals surface area contributed by atoms with Crippen LogP contribution in [0.2, 0.25) is 0 Å². The monoisotopic (exact) mass is 454 g/mol. The Hall–Kier alpha value is -3.21. The van der Waals surface area contributed by atoms with Crippen molar-refractivity contribution in [2.24, 2.45) is 11.8 Å². The number of benzene rings is 1. The number of anilines is 1. The van der Waals surface area contributed by atoms with Crippen LogP contribution in [0.1, 0.15) is 24.5 Å². The number of hydrogen-bond acceptors (Lipinski definition) is 6. The SMILES string of the molecule is COc1ccc(N2CC(C(=O)N3C[C@@H]4C[C@@H](C3)c3ccc([NH+]([O-])O)c(=O)n3C4)CC2=O)cc1. The maximum absolute atomic E-state index is 13.4. The summed E-state index contributed by atoms with van der Waals surface area (Å²) in [5, 5.41) is 19.4. The molecule has 3 aliphatic rings. The van der Waals surface area contributed by atoms with Crippen molar-refractivity contribution in [3.05, 3.63) is 57.7 Å². The van der Waals surface area contributed by atoms with Crippen LogP contribution in [0.3, 0.4) is 0 Å². The van der Waals surface area contributed by atoms with Gasteiger partial charge in [0.05, 0.1) is 13.0 Å². The molecule has 1 aromatic carbocycles. The minimum absolute atomic E-state index is 0.0215. The molecule has 10 nitrogen and oxygen atoms in total.